The molecular weight excluding hydrogens is 348 g/mol. The largest absolute Gasteiger partial charge is 0.294 e. The van der Waals surface area contributed by atoms with E-state index in [4.69, 9.17) is 11.6 Å². The average Bonchev–Trinajstić information content (AvgIpc) is 2.46. The molecule has 0 aliphatic heterocycles. The molecule has 21 heavy (non-hydrogen) atoms. The molecule has 3 heteroatoms. The highest BCUT2D eigenvalue weighted by Gasteiger charge is 2.08. The van der Waals surface area contributed by atoms with Crippen molar-refractivity contribution in [3.63, 3.8) is 0 Å². The molecule has 3 aromatic rings. The standard InChI is InChI=1S/C18H12BrClO/c19-16-7-6-13-10-15(5-4-14(13)11-16)18(21)9-12-2-1-3-17(20)8-12/h1-8,10-11H,9H2. The van der Waals surface area contributed by atoms with Crippen LogP contribution in [0.3, 0.4) is 0 Å². The van der Waals surface area contributed by atoms with Crippen molar-refractivity contribution >= 4 is 44.1 Å². The van der Waals surface area contributed by atoms with Crippen molar-refractivity contribution in [2.75, 3.05) is 0 Å². The lowest BCUT2D eigenvalue weighted by Gasteiger charge is -2.05. The maximum absolute atomic E-state index is 12.4. The summed E-state index contributed by atoms with van der Waals surface area (Å²) < 4.78 is 1.04. The van der Waals surface area contributed by atoms with Crippen LogP contribution in [0.1, 0.15) is 15.9 Å². The predicted octanol–water partition coefficient (Wildman–Crippen LogP) is 5.68. The summed E-state index contributed by atoms with van der Waals surface area (Å²) in [6, 6.07) is 19.2. The van der Waals surface area contributed by atoms with Crippen LogP contribution in [0, 0.1) is 0 Å². The zero-order valence-electron chi connectivity index (χ0n) is 11.1. The fraction of sp³-hybridized carbons (Fsp3) is 0.0556. The van der Waals surface area contributed by atoms with Gasteiger partial charge in [0.25, 0.3) is 0 Å². The maximum atomic E-state index is 12.4. The number of benzene rings is 3. The molecule has 0 aliphatic carbocycles. The summed E-state index contributed by atoms with van der Waals surface area (Å²) in [5.74, 6) is 0.0992. The van der Waals surface area contributed by atoms with Crippen LogP contribution in [0.5, 0.6) is 0 Å². The Morgan fingerprint density at radius 3 is 2.52 bits per heavy atom. The highest BCUT2D eigenvalue weighted by atomic mass is 79.9. The van der Waals surface area contributed by atoms with Gasteiger partial charge in [-0.1, -0.05) is 57.9 Å². The van der Waals surface area contributed by atoms with E-state index in [-0.39, 0.29) is 5.78 Å². The Bertz CT molecular complexity index is 826. The second-order valence-electron chi connectivity index (χ2n) is 4.94. The van der Waals surface area contributed by atoms with E-state index in [1.165, 1.54) is 0 Å². The number of rotatable bonds is 3. The number of fused-ring (bicyclic) bond motifs is 1. The lowest BCUT2D eigenvalue weighted by molar-refractivity contribution is 0.0993. The maximum Gasteiger partial charge on any atom is 0.167 e. The Morgan fingerprint density at radius 1 is 0.952 bits per heavy atom. The van der Waals surface area contributed by atoms with Crippen LogP contribution >= 0.6 is 27.5 Å². The van der Waals surface area contributed by atoms with E-state index < -0.39 is 0 Å². The van der Waals surface area contributed by atoms with Crippen molar-refractivity contribution in [1.82, 2.24) is 0 Å². The first kappa shape index (κ1) is 14.3. The summed E-state index contributed by atoms with van der Waals surface area (Å²) in [4.78, 5) is 12.4. The van der Waals surface area contributed by atoms with E-state index in [1.54, 1.807) is 0 Å². The molecule has 3 rings (SSSR count). The van der Waals surface area contributed by atoms with E-state index in [0.717, 1.165) is 26.4 Å². The molecule has 0 fully saturated rings. The first-order valence-corrected chi connectivity index (χ1v) is 7.76. The van der Waals surface area contributed by atoms with Gasteiger partial charge in [-0.3, -0.25) is 4.79 Å². The topological polar surface area (TPSA) is 17.1 Å². The van der Waals surface area contributed by atoms with Crippen LogP contribution < -0.4 is 0 Å². The van der Waals surface area contributed by atoms with Crippen LogP contribution in [-0.4, -0.2) is 5.78 Å². The van der Waals surface area contributed by atoms with Crippen LogP contribution in [0.2, 0.25) is 5.02 Å². The van der Waals surface area contributed by atoms with Crippen molar-refractivity contribution in [2.24, 2.45) is 0 Å². The summed E-state index contributed by atoms with van der Waals surface area (Å²) in [5.41, 5.74) is 1.66. The lowest BCUT2D eigenvalue weighted by Crippen LogP contribution is -2.03. The molecule has 0 heterocycles. The highest BCUT2D eigenvalue weighted by Crippen LogP contribution is 2.22. The molecule has 0 unspecified atom stereocenters. The molecule has 0 atom stereocenters. The third-order valence-corrected chi connectivity index (χ3v) is 4.11. The molecule has 3 aromatic carbocycles. The Hall–Kier alpha value is -1.64. The number of ketones is 1. The summed E-state index contributed by atoms with van der Waals surface area (Å²) in [6.45, 7) is 0. The molecular formula is C18H12BrClO. The second kappa shape index (κ2) is 6.00. The molecule has 0 amide bonds. The second-order valence-corrected chi connectivity index (χ2v) is 6.29. The minimum Gasteiger partial charge on any atom is -0.294 e. The molecule has 1 nitrogen and oxygen atoms in total. The van der Waals surface area contributed by atoms with Gasteiger partial charge >= 0.3 is 0 Å². The van der Waals surface area contributed by atoms with Gasteiger partial charge in [0.05, 0.1) is 0 Å². The summed E-state index contributed by atoms with van der Waals surface area (Å²) in [7, 11) is 0. The summed E-state index contributed by atoms with van der Waals surface area (Å²) in [5, 5.41) is 2.84. The normalized spacial score (nSPS) is 10.8. The number of hydrogen-bond donors (Lipinski definition) is 0. The van der Waals surface area contributed by atoms with Crippen molar-refractivity contribution in [2.45, 2.75) is 6.42 Å². The van der Waals surface area contributed by atoms with Gasteiger partial charge in [-0.2, -0.15) is 0 Å². The zero-order valence-corrected chi connectivity index (χ0v) is 13.5. The number of hydrogen-bond acceptors (Lipinski definition) is 1. The van der Waals surface area contributed by atoms with Gasteiger partial charge in [-0.05, 0) is 46.7 Å². The van der Waals surface area contributed by atoms with E-state index >= 15 is 0 Å². The van der Waals surface area contributed by atoms with Crippen LogP contribution in [-0.2, 0) is 6.42 Å². The molecule has 0 saturated carbocycles. The molecule has 104 valence electrons. The zero-order chi connectivity index (χ0) is 14.8. The minimum absolute atomic E-state index is 0.0992. The summed E-state index contributed by atoms with van der Waals surface area (Å²) in [6.07, 6.45) is 0.364. The fourth-order valence-electron chi connectivity index (χ4n) is 2.32. The van der Waals surface area contributed by atoms with Gasteiger partial charge in [0, 0.05) is 21.5 Å². The highest BCUT2D eigenvalue weighted by molar-refractivity contribution is 9.10. The molecule has 0 spiro atoms. The van der Waals surface area contributed by atoms with Gasteiger partial charge < -0.3 is 0 Å². The van der Waals surface area contributed by atoms with Crippen LogP contribution in [0.4, 0.5) is 0 Å². The van der Waals surface area contributed by atoms with Gasteiger partial charge in [-0.15, -0.1) is 0 Å². The molecule has 0 radical (unpaired) electrons. The minimum atomic E-state index is 0.0992. The lowest BCUT2D eigenvalue weighted by atomic mass is 10.00. The van der Waals surface area contributed by atoms with Crippen molar-refractivity contribution in [3.8, 4) is 0 Å². The van der Waals surface area contributed by atoms with Gasteiger partial charge in [0.15, 0.2) is 5.78 Å². The SMILES string of the molecule is O=C(Cc1cccc(Cl)c1)c1ccc2cc(Br)ccc2c1. The van der Waals surface area contributed by atoms with E-state index in [2.05, 4.69) is 15.9 Å². The van der Waals surface area contributed by atoms with E-state index in [0.29, 0.717) is 11.4 Å². The molecule has 0 bridgehead atoms. The van der Waals surface area contributed by atoms with Crippen LogP contribution in [0.15, 0.2) is 65.1 Å². The Balaban J connectivity index is 1.89. The van der Waals surface area contributed by atoms with Crippen molar-refractivity contribution in [3.05, 3.63) is 81.3 Å². The summed E-state index contributed by atoms with van der Waals surface area (Å²) >= 11 is 9.40. The van der Waals surface area contributed by atoms with Gasteiger partial charge in [0.2, 0.25) is 0 Å². The number of carbonyl (C=O) groups is 1. The number of halogens is 2. The van der Waals surface area contributed by atoms with Gasteiger partial charge in [0.1, 0.15) is 0 Å². The predicted molar refractivity (Wildman–Crippen MR) is 91.1 cm³/mol. The molecule has 0 saturated heterocycles. The number of Topliss-reactive ketones (excluding diaryl/α,β-unsaturated/α-hetero) is 1. The average molecular weight is 360 g/mol. The molecule has 0 aliphatic rings. The Kier molecular flexibility index (Phi) is 4.09. The monoisotopic (exact) mass is 358 g/mol. The first-order chi connectivity index (χ1) is 10.1. The Labute approximate surface area is 136 Å². The molecule has 0 N–H and O–H groups in total. The van der Waals surface area contributed by atoms with Crippen molar-refractivity contribution in [1.29, 1.82) is 0 Å². The van der Waals surface area contributed by atoms with Crippen LogP contribution in [0.25, 0.3) is 10.8 Å². The van der Waals surface area contributed by atoms with Crippen molar-refractivity contribution < 1.29 is 4.79 Å². The van der Waals surface area contributed by atoms with E-state index in [1.807, 2.05) is 60.7 Å². The fourth-order valence-corrected chi connectivity index (χ4v) is 2.92. The quantitative estimate of drug-likeness (QED) is 0.550. The first-order valence-electron chi connectivity index (χ1n) is 6.59. The third kappa shape index (κ3) is 3.34. The third-order valence-electron chi connectivity index (χ3n) is 3.38. The molecule has 0 aromatic heterocycles. The van der Waals surface area contributed by atoms with Gasteiger partial charge in [-0.25, -0.2) is 0 Å². The van der Waals surface area contributed by atoms with E-state index in [9.17, 15) is 4.79 Å². The smallest absolute Gasteiger partial charge is 0.167 e. The Morgan fingerprint density at radius 2 is 1.71 bits per heavy atom. The number of carbonyl (C=O) groups excluding carboxylic acids is 1.